The highest BCUT2D eigenvalue weighted by atomic mass is 16.5. The second-order valence-corrected chi connectivity index (χ2v) is 5.51. The maximum Gasteiger partial charge on any atom is 0.271 e. The van der Waals surface area contributed by atoms with E-state index in [1.165, 1.54) is 16.8 Å². The van der Waals surface area contributed by atoms with E-state index in [0.717, 1.165) is 17.5 Å². The van der Waals surface area contributed by atoms with Crippen molar-refractivity contribution in [1.82, 2.24) is 15.1 Å². The fraction of sp³-hybridized carbons (Fsp3) is 0.389. The van der Waals surface area contributed by atoms with E-state index in [9.17, 15) is 9.59 Å². The third-order valence-electron chi connectivity index (χ3n) is 3.51. The van der Waals surface area contributed by atoms with Crippen LogP contribution in [0.4, 0.5) is 0 Å². The van der Waals surface area contributed by atoms with Crippen molar-refractivity contribution in [1.29, 1.82) is 0 Å². The molecule has 24 heavy (non-hydrogen) atoms. The topological polar surface area (TPSA) is 73.2 Å². The number of carbonyl (C=O) groups excluding carboxylic acids is 1. The number of amides is 1. The van der Waals surface area contributed by atoms with Gasteiger partial charge in [0.2, 0.25) is 0 Å². The lowest BCUT2D eigenvalue weighted by Crippen LogP contribution is -2.30. The minimum atomic E-state index is -0.288. The van der Waals surface area contributed by atoms with E-state index in [0.29, 0.717) is 26.3 Å². The highest BCUT2D eigenvalue weighted by Crippen LogP contribution is 2.04. The van der Waals surface area contributed by atoms with Gasteiger partial charge >= 0.3 is 0 Å². The van der Waals surface area contributed by atoms with Crippen LogP contribution in [0.1, 0.15) is 35.0 Å². The molecule has 0 aliphatic carbocycles. The number of benzene rings is 1. The highest BCUT2D eigenvalue weighted by molar-refractivity contribution is 5.91. The van der Waals surface area contributed by atoms with Crippen LogP contribution in [0.5, 0.6) is 0 Å². The van der Waals surface area contributed by atoms with E-state index >= 15 is 0 Å². The van der Waals surface area contributed by atoms with Gasteiger partial charge in [-0.1, -0.05) is 29.8 Å². The normalized spacial score (nSPS) is 10.6. The number of ether oxygens (including phenoxy) is 1. The number of carbonyl (C=O) groups is 1. The summed E-state index contributed by atoms with van der Waals surface area (Å²) in [5.74, 6) is -0.288. The maximum absolute atomic E-state index is 12.1. The molecule has 1 heterocycles. The van der Waals surface area contributed by atoms with Gasteiger partial charge in [-0.25, -0.2) is 4.68 Å². The largest absolute Gasteiger partial charge is 0.382 e. The Balaban J connectivity index is 2.00. The zero-order chi connectivity index (χ0) is 17.4. The summed E-state index contributed by atoms with van der Waals surface area (Å²) < 4.78 is 6.52. The van der Waals surface area contributed by atoms with Crippen LogP contribution < -0.4 is 10.9 Å². The molecule has 0 saturated heterocycles. The maximum atomic E-state index is 12.1. The molecule has 0 bridgehead atoms. The lowest BCUT2D eigenvalue weighted by molar-refractivity contribution is 0.0937. The van der Waals surface area contributed by atoms with Gasteiger partial charge in [0, 0.05) is 25.8 Å². The second-order valence-electron chi connectivity index (χ2n) is 5.51. The molecule has 0 atom stereocenters. The number of hydrogen-bond acceptors (Lipinski definition) is 4. The zero-order valence-corrected chi connectivity index (χ0v) is 14.1. The van der Waals surface area contributed by atoms with Crippen LogP contribution in [0.3, 0.4) is 0 Å². The Morgan fingerprint density at radius 2 is 1.96 bits per heavy atom. The molecule has 1 N–H and O–H groups in total. The summed E-state index contributed by atoms with van der Waals surface area (Å²) in [4.78, 5) is 24.1. The molecule has 1 aromatic carbocycles. The third-order valence-corrected chi connectivity index (χ3v) is 3.51. The van der Waals surface area contributed by atoms with Crippen molar-refractivity contribution in [3.63, 3.8) is 0 Å². The highest BCUT2D eigenvalue weighted by Gasteiger charge is 2.09. The van der Waals surface area contributed by atoms with E-state index in [1.807, 2.05) is 38.1 Å². The molecule has 1 amide bonds. The Hall–Kier alpha value is -2.47. The number of aryl methyl sites for hydroxylation is 1. The third kappa shape index (κ3) is 5.31. The molecule has 2 aromatic rings. The summed E-state index contributed by atoms with van der Waals surface area (Å²) in [5, 5.41) is 6.94. The molecular formula is C18H23N3O3. The number of rotatable bonds is 8. The van der Waals surface area contributed by atoms with Crippen LogP contribution in [-0.2, 0) is 11.3 Å². The molecule has 6 heteroatoms. The van der Waals surface area contributed by atoms with Crippen LogP contribution in [0, 0.1) is 6.92 Å². The molecule has 0 fully saturated rings. The van der Waals surface area contributed by atoms with Crippen LogP contribution in [-0.4, -0.2) is 35.4 Å². The monoisotopic (exact) mass is 329 g/mol. The standard InChI is InChI=1S/C18H23N3O3/c1-3-24-12-4-11-19-18(23)16-9-10-17(22)21(20-16)13-15-7-5-14(2)6-8-15/h5-10H,3-4,11-13H2,1-2H3,(H,19,23). The summed E-state index contributed by atoms with van der Waals surface area (Å²) in [6, 6.07) is 10.7. The van der Waals surface area contributed by atoms with E-state index < -0.39 is 0 Å². The van der Waals surface area contributed by atoms with Gasteiger partial charge in [0.15, 0.2) is 0 Å². The SMILES string of the molecule is CCOCCCNC(=O)c1ccc(=O)n(Cc2ccc(C)cc2)n1. The number of hydrogen-bond donors (Lipinski definition) is 1. The number of aromatic nitrogens is 2. The Labute approximate surface area is 141 Å². The van der Waals surface area contributed by atoms with Gasteiger partial charge in [0.05, 0.1) is 6.54 Å². The summed E-state index contributed by atoms with van der Waals surface area (Å²) >= 11 is 0. The van der Waals surface area contributed by atoms with Gasteiger partial charge < -0.3 is 10.1 Å². The molecule has 0 saturated carbocycles. The van der Waals surface area contributed by atoms with Gasteiger partial charge in [-0.2, -0.15) is 5.10 Å². The molecule has 128 valence electrons. The molecule has 0 aliphatic heterocycles. The molecule has 2 rings (SSSR count). The van der Waals surface area contributed by atoms with Gasteiger partial charge in [0.1, 0.15) is 5.69 Å². The second kappa shape index (κ2) is 8.98. The van der Waals surface area contributed by atoms with Crippen molar-refractivity contribution >= 4 is 5.91 Å². The first-order valence-electron chi connectivity index (χ1n) is 8.10. The van der Waals surface area contributed by atoms with Crippen LogP contribution >= 0.6 is 0 Å². The fourth-order valence-corrected chi connectivity index (χ4v) is 2.16. The summed E-state index contributed by atoms with van der Waals surface area (Å²) in [6.07, 6.45) is 0.739. The number of nitrogens with zero attached hydrogens (tertiary/aromatic N) is 2. The summed E-state index contributed by atoms with van der Waals surface area (Å²) in [6.45, 7) is 6.06. The van der Waals surface area contributed by atoms with Gasteiger partial charge in [-0.05, 0) is 31.9 Å². The Morgan fingerprint density at radius 3 is 2.67 bits per heavy atom. The van der Waals surface area contributed by atoms with Crippen molar-refractivity contribution < 1.29 is 9.53 Å². The van der Waals surface area contributed by atoms with Crippen LogP contribution in [0.15, 0.2) is 41.2 Å². The first-order chi connectivity index (χ1) is 11.6. The molecule has 0 spiro atoms. The zero-order valence-electron chi connectivity index (χ0n) is 14.1. The van der Waals surface area contributed by atoms with Crippen molar-refractivity contribution in [3.8, 4) is 0 Å². The van der Waals surface area contributed by atoms with Crippen molar-refractivity contribution in [2.75, 3.05) is 19.8 Å². The van der Waals surface area contributed by atoms with Crippen molar-refractivity contribution in [2.45, 2.75) is 26.8 Å². The molecule has 0 radical (unpaired) electrons. The Kier molecular flexibility index (Phi) is 6.69. The number of nitrogens with one attached hydrogen (secondary N) is 1. The summed E-state index contributed by atoms with van der Waals surface area (Å²) in [7, 11) is 0. The van der Waals surface area contributed by atoms with E-state index in [1.54, 1.807) is 0 Å². The lowest BCUT2D eigenvalue weighted by atomic mass is 10.1. The lowest BCUT2D eigenvalue weighted by Gasteiger charge is -2.08. The average molecular weight is 329 g/mol. The van der Waals surface area contributed by atoms with E-state index in [2.05, 4.69) is 10.4 Å². The average Bonchev–Trinajstić information content (AvgIpc) is 2.58. The van der Waals surface area contributed by atoms with Gasteiger partial charge in [-0.15, -0.1) is 0 Å². The molecule has 0 aliphatic rings. The smallest absolute Gasteiger partial charge is 0.271 e. The first-order valence-corrected chi connectivity index (χ1v) is 8.10. The molecular weight excluding hydrogens is 306 g/mol. The van der Waals surface area contributed by atoms with Crippen LogP contribution in [0.25, 0.3) is 0 Å². The van der Waals surface area contributed by atoms with Crippen LogP contribution in [0.2, 0.25) is 0 Å². The van der Waals surface area contributed by atoms with Crippen molar-refractivity contribution in [2.24, 2.45) is 0 Å². The minimum Gasteiger partial charge on any atom is -0.382 e. The fourth-order valence-electron chi connectivity index (χ4n) is 2.16. The quantitative estimate of drug-likeness (QED) is 0.749. The predicted octanol–water partition coefficient (Wildman–Crippen LogP) is 1.76. The van der Waals surface area contributed by atoms with E-state index in [4.69, 9.17) is 4.74 Å². The van der Waals surface area contributed by atoms with Gasteiger partial charge in [-0.3, -0.25) is 9.59 Å². The summed E-state index contributed by atoms with van der Waals surface area (Å²) in [5.41, 5.74) is 2.12. The predicted molar refractivity (Wildman–Crippen MR) is 92.2 cm³/mol. The Morgan fingerprint density at radius 1 is 1.21 bits per heavy atom. The molecule has 0 unspecified atom stereocenters. The molecule has 1 aromatic heterocycles. The first kappa shape index (κ1) is 17.9. The van der Waals surface area contributed by atoms with E-state index in [-0.39, 0.29) is 17.2 Å². The van der Waals surface area contributed by atoms with Crippen molar-refractivity contribution in [3.05, 3.63) is 63.6 Å². The minimum absolute atomic E-state index is 0.233. The Bertz CT molecular complexity index is 723. The molecule has 6 nitrogen and oxygen atoms in total. The van der Waals surface area contributed by atoms with Gasteiger partial charge in [0.25, 0.3) is 11.5 Å².